The van der Waals surface area contributed by atoms with Crippen LogP contribution in [-0.4, -0.2) is 6.54 Å². The highest BCUT2D eigenvalue weighted by Gasteiger charge is 2.16. The molecule has 0 bridgehead atoms. The average molecular weight is 287 g/mol. The van der Waals surface area contributed by atoms with Crippen LogP contribution >= 0.6 is 0 Å². The number of aryl methyl sites for hydroxylation is 2. The first-order valence-electron chi connectivity index (χ1n) is 8.10. The third-order valence-corrected chi connectivity index (χ3v) is 3.94. The molecule has 21 heavy (non-hydrogen) atoms. The molecule has 0 atom stereocenters. The Kier molecular flexibility index (Phi) is 5.10. The summed E-state index contributed by atoms with van der Waals surface area (Å²) in [5.41, 5.74) is 5.07. The van der Waals surface area contributed by atoms with Gasteiger partial charge in [-0.2, -0.15) is 0 Å². The van der Waals surface area contributed by atoms with Crippen LogP contribution in [0.25, 0.3) is 11.0 Å². The van der Waals surface area contributed by atoms with Crippen LogP contribution in [0.1, 0.15) is 50.1 Å². The molecule has 1 aromatic heterocycles. The number of hydrogen-bond acceptors (Lipinski definition) is 2. The van der Waals surface area contributed by atoms with Gasteiger partial charge < -0.3 is 9.73 Å². The summed E-state index contributed by atoms with van der Waals surface area (Å²) in [5, 5.41) is 4.81. The Morgan fingerprint density at radius 1 is 1.00 bits per heavy atom. The quantitative estimate of drug-likeness (QED) is 0.809. The van der Waals surface area contributed by atoms with Gasteiger partial charge in [-0.3, -0.25) is 0 Å². The SMILES string of the molecule is Cc1cc2oc(CNCC(C)C)c(CC(C)C)c2cc1C. The van der Waals surface area contributed by atoms with Crippen molar-refractivity contribution < 1.29 is 4.42 Å². The van der Waals surface area contributed by atoms with Crippen molar-refractivity contribution in [3.05, 3.63) is 34.6 Å². The Balaban J connectivity index is 2.37. The van der Waals surface area contributed by atoms with Crippen molar-refractivity contribution in [2.24, 2.45) is 11.8 Å². The average Bonchev–Trinajstić information content (AvgIpc) is 2.67. The van der Waals surface area contributed by atoms with E-state index in [1.54, 1.807) is 0 Å². The lowest BCUT2D eigenvalue weighted by atomic mass is 9.97. The van der Waals surface area contributed by atoms with E-state index in [0.29, 0.717) is 11.8 Å². The minimum atomic E-state index is 0.635. The number of nitrogens with one attached hydrogen (secondary N) is 1. The van der Waals surface area contributed by atoms with E-state index >= 15 is 0 Å². The molecule has 0 unspecified atom stereocenters. The molecule has 1 N–H and O–H groups in total. The van der Waals surface area contributed by atoms with Crippen molar-refractivity contribution in [1.29, 1.82) is 0 Å². The third kappa shape index (κ3) is 3.88. The van der Waals surface area contributed by atoms with E-state index in [4.69, 9.17) is 4.42 Å². The molecule has 0 radical (unpaired) electrons. The zero-order chi connectivity index (χ0) is 15.6. The van der Waals surface area contributed by atoms with Crippen molar-refractivity contribution >= 4 is 11.0 Å². The summed E-state index contributed by atoms with van der Waals surface area (Å²) in [6.45, 7) is 15.2. The largest absolute Gasteiger partial charge is 0.459 e. The maximum absolute atomic E-state index is 6.16. The van der Waals surface area contributed by atoms with Crippen molar-refractivity contribution in [3.8, 4) is 0 Å². The molecule has 1 aromatic carbocycles. The minimum Gasteiger partial charge on any atom is -0.459 e. The maximum Gasteiger partial charge on any atom is 0.134 e. The highest BCUT2D eigenvalue weighted by molar-refractivity contribution is 5.84. The number of furan rings is 1. The van der Waals surface area contributed by atoms with Gasteiger partial charge in [-0.05, 0) is 61.9 Å². The zero-order valence-corrected chi connectivity index (χ0v) is 14.3. The molecule has 0 amide bonds. The van der Waals surface area contributed by atoms with E-state index in [2.05, 4.69) is 59.0 Å². The first-order valence-corrected chi connectivity index (χ1v) is 8.10. The van der Waals surface area contributed by atoms with Gasteiger partial charge in [-0.25, -0.2) is 0 Å². The van der Waals surface area contributed by atoms with E-state index in [9.17, 15) is 0 Å². The molecule has 1 heterocycles. The molecular weight excluding hydrogens is 258 g/mol. The van der Waals surface area contributed by atoms with Crippen molar-refractivity contribution in [1.82, 2.24) is 5.32 Å². The fraction of sp³-hybridized carbons (Fsp3) is 0.579. The van der Waals surface area contributed by atoms with Gasteiger partial charge in [0.1, 0.15) is 11.3 Å². The van der Waals surface area contributed by atoms with Gasteiger partial charge in [0.05, 0.1) is 6.54 Å². The first kappa shape index (κ1) is 16.1. The number of hydrogen-bond donors (Lipinski definition) is 1. The number of rotatable bonds is 6. The van der Waals surface area contributed by atoms with Crippen molar-refractivity contribution in [2.45, 2.75) is 54.5 Å². The second-order valence-corrected chi connectivity index (χ2v) is 7.06. The lowest BCUT2D eigenvalue weighted by Gasteiger charge is -2.09. The Hall–Kier alpha value is -1.28. The van der Waals surface area contributed by atoms with E-state index in [0.717, 1.165) is 30.9 Å². The Morgan fingerprint density at radius 2 is 1.67 bits per heavy atom. The van der Waals surface area contributed by atoms with Crippen molar-refractivity contribution in [2.75, 3.05) is 6.54 Å². The van der Waals surface area contributed by atoms with Gasteiger partial charge in [0.15, 0.2) is 0 Å². The Labute approximate surface area is 128 Å². The van der Waals surface area contributed by atoms with Crippen molar-refractivity contribution in [3.63, 3.8) is 0 Å². The molecule has 0 aliphatic heterocycles. The molecule has 116 valence electrons. The standard InChI is InChI=1S/C19H29NO/c1-12(2)7-16-17-8-14(5)15(6)9-18(17)21-19(16)11-20-10-13(3)4/h8-9,12-13,20H,7,10-11H2,1-6H3. The summed E-state index contributed by atoms with van der Waals surface area (Å²) in [5.74, 6) is 2.41. The van der Waals surface area contributed by atoms with E-state index < -0.39 is 0 Å². The fourth-order valence-electron chi connectivity index (χ4n) is 2.70. The van der Waals surface area contributed by atoms with Gasteiger partial charge in [-0.15, -0.1) is 0 Å². The first-order chi connectivity index (χ1) is 9.88. The summed E-state index contributed by atoms with van der Waals surface area (Å²) in [6, 6.07) is 4.47. The van der Waals surface area contributed by atoms with E-state index in [-0.39, 0.29) is 0 Å². The molecular formula is C19H29NO. The lowest BCUT2D eigenvalue weighted by Crippen LogP contribution is -2.19. The molecule has 0 spiro atoms. The smallest absolute Gasteiger partial charge is 0.134 e. The molecule has 0 aliphatic rings. The molecule has 2 heteroatoms. The van der Waals surface area contributed by atoms with Gasteiger partial charge in [0.2, 0.25) is 0 Å². The van der Waals surface area contributed by atoms with Crippen LogP contribution < -0.4 is 5.32 Å². The predicted molar refractivity (Wildman–Crippen MR) is 90.8 cm³/mol. The summed E-state index contributed by atoms with van der Waals surface area (Å²) in [4.78, 5) is 0. The van der Waals surface area contributed by atoms with E-state index in [1.165, 1.54) is 22.1 Å². The van der Waals surface area contributed by atoms with Crippen LogP contribution in [0.2, 0.25) is 0 Å². The summed E-state index contributed by atoms with van der Waals surface area (Å²) >= 11 is 0. The van der Waals surface area contributed by atoms with Gasteiger partial charge in [0, 0.05) is 10.9 Å². The third-order valence-electron chi connectivity index (χ3n) is 3.94. The number of fused-ring (bicyclic) bond motifs is 1. The van der Waals surface area contributed by atoms with Crippen LogP contribution in [0, 0.1) is 25.7 Å². The molecule has 0 aliphatic carbocycles. The van der Waals surface area contributed by atoms with Gasteiger partial charge >= 0.3 is 0 Å². The van der Waals surface area contributed by atoms with Crippen LogP contribution in [0.5, 0.6) is 0 Å². The second kappa shape index (κ2) is 6.65. The monoisotopic (exact) mass is 287 g/mol. The van der Waals surface area contributed by atoms with Gasteiger partial charge in [-0.1, -0.05) is 27.7 Å². The molecule has 2 aromatic rings. The zero-order valence-electron chi connectivity index (χ0n) is 14.3. The molecule has 0 saturated carbocycles. The van der Waals surface area contributed by atoms with Crippen LogP contribution in [-0.2, 0) is 13.0 Å². The van der Waals surface area contributed by atoms with Crippen LogP contribution in [0.4, 0.5) is 0 Å². The summed E-state index contributed by atoms with van der Waals surface area (Å²) in [7, 11) is 0. The minimum absolute atomic E-state index is 0.635. The summed E-state index contributed by atoms with van der Waals surface area (Å²) in [6.07, 6.45) is 1.08. The highest BCUT2D eigenvalue weighted by Crippen LogP contribution is 2.30. The molecule has 0 fully saturated rings. The number of benzene rings is 1. The molecule has 2 rings (SSSR count). The Morgan fingerprint density at radius 3 is 2.29 bits per heavy atom. The fourth-order valence-corrected chi connectivity index (χ4v) is 2.70. The molecule has 2 nitrogen and oxygen atoms in total. The topological polar surface area (TPSA) is 25.2 Å². The second-order valence-electron chi connectivity index (χ2n) is 7.06. The Bertz CT molecular complexity index is 608. The maximum atomic E-state index is 6.16. The molecule has 0 saturated heterocycles. The summed E-state index contributed by atoms with van der Waals surface area (Å²) < 4.78 is 6.16. The van der Waals surface area contributed by atoms with Crippen LogP contribution in [0.15, 0.2) is 16.5 Å². The lowest BCUT2D eigenvalue weighted by molar-refractivity contribution is 0.476. The predicted octanol–water partition coefficient (Wildman–Crippen LogP) is 4.99. The van der Waals surface area contributed by atoms with E-state index in [1.807, 2.05) is 0 Å². The van der Waals surface area contributed by atoms with Gasteiger partial charge in [0.25, 0.3) is 0 Å². The van der Waals surface area contributed by atoms with Crippen LogP contribution in [0.3, 0.4) is 0 Å². The highest BCUT2D eigenvalue weighted by atomic mass is 16.3. The normalized spacial score (nSPS) is 12.0.